The van der Waals surface area contributed by atoms with E-state index in [0.29, 0.717) is 11.6 Å². The van der Waals surface area contributed by atoms with Crippen molar-refractivity contribution in [3.05, 3.63) is 58.4 Å². The van der Waals surface area contributed by atoms with Crippen LogP contribution in [0.3, 0.4) is 0 Å². The fraction of sp³-hybridized carbons (Fsp3) is 0.400. The average Bonchev–Trinajstić information content (AvgIpc) is 3.26. The number of hydrogen-bond acceptors (Lipinski definition) is 6. The number of nitrogens with two attached hydrogens (primary N) is 2. The van der Waals surface area contributed by atoms with Gasteiger partial charge in [-0.05, 0) is 24.9 Å². The first kappa shape index (κ1) is 19.9. The molecule has 0 spiro atoms. The lowest BCUT2D eigenvalue weighted by Gasteiger charge is -2.26. The molecule has 8 nitrogen and oxygen atoms in total. The Kier molecular flexibility index (Phi) is 6.33. The Hall–Kier alpha value is -2.84. The van der Waals surface area contributed by atoms with Gasteiger partial charge in [0.15, 0.2) is 0 Å². The van der Waals surface area contributed by atoms with Crippen LogP contribution in [0.15, 0.2) is 30.3 Å². The SMILES string of the molecule is C.Nc1n[nH]c2c1CCN(Cc1ccccc1)C2.Nc1n[nH]c2c1CCNC2. The van der Waals surface area contributed by atoms with Crippen molar-refractivity contribution in [2.75, 3.05) is 24.6 Å². The first-order chi connectivity index (χ1) is 13.2. The molecule has 150 valence electrons. The quantitative estimate of drug-likeness (QED) is 0.460. The van der Waals surface area contributed by atoms with Crippen LogP contribution in [0.25, 0.3) is 0 Å². The van der Waals surface area contributed by atoms with Gasteiger partial charge in [0.05, 0.1) is 11.4 Å². The van der Waals surface area contributed by atoms with Gasteiger partial charge in [0.2, 0.25) is 0 Å². The van der Waals surface area contributed by atoms with Crippen LogP contribution in [-0.4, -0.2) is 38.4 Å². The summed E-state index contributed by atoms with van der Waals surface area (Å²) in [7, 11) is 0. The minimum absolute atomic E-state index is 0. The van der Waals surface area contributed by atoms with E-state index in [1.165, 1.54) is 22.4 Å². The van der Waals surface area contributed by atoms with E-state index >= 15 is 0 Å². The molecule has 0 atom stereocenters. The van der Waals surface area contributed by atoms with Gasteiger partial charge in [-0.2, -0.15) is 10.2 Å². The summed E-state index contributed by atoms with van der Waals surface area (Å²) in [5.74, 6) is 1.33. The minimum atomic E-state index is 0. The molecule has 0 amide bonds. The molecular formula is C20H30N8. The average molecular weight is 383 g/mol. The van der Waals surface area contributed by atoms with Crippen molar-refractivity contribution in [2.24, 2.45) is 0 Å². The summed E-state index contributed by atoms with van der Waals surface area (Å²) in [6.45, 7) is 4.83. The molecule has 0 radical (unpaired) electrons. The fourth-order valence-corrected chi connectivity index (χ4v) is 3.65. The molecule has 7 N–H and O–H groups in total. The van der Waals surface area contributed by atoms with Gasteiger partial charge < -0.3 is 16.8 Å². The van der Waals surface area contributed by atoms with Crippen molar-refractivity contribution in [3.8, 4) is 0 Å². The summed E-state index contributed by atoms with van der Waals surface area (Å²) in [6, 6.07) is 10.5. The minimum Gasteiger partial charge on any atom is -0.382 e. The number of nitrogen functional groups attached to an aromatic ring is 2. The molecule has 0 saturated carbocycles. The van der Waals surface area contributed by atoms with Crippen molar-refractivity contribution >= 4 is 11.6 Å². The third kappa shape index (κ3) is 4.35. The maximum absolute atomic E-state index is 5.80. The molecule has 0 unspecified atom stereocenters. The van der Waals surface area contributed by atoms with Crippen LogP contribution in [-0.2, 0) is 32.5 Å². The Morgan fingerprint density at radius 2 is 1.61 bits per heavy atom. The van der Waals surface area contributed by atoms with Crippen LogP contribution in [0, 0.1) is 0 Å². The third-order valence-corrected chi connectivity index (χ3v) is 5.13. The largest absolute Gasteiger partial charge is 0.382 e. The summed E-state index contributed by atoms with van der Waals surface area (Å²) in [4.78, 5) is 2.41. The van der Waals surface area contributed by atoms with Gasteiger partial charge >= 0.3 is 0 Å². The maximum atomic E-state index is 5.80. The lowest BCUT2D eigenvalue weighted by Crippen LogP contribution is -2.30. The van der Waals surface area contributed by atoms with E-state index in [1.807, 2.05) is 6.07 Å². The highest BCUT2D eigenvalue weighted by atomic mass is 15.2. The molecule has 2 aliphatic heterocycles. The number of H-pyrrole nitrogens is 2. The highest BCUT2D eigenvalue weighted by Gasteiger charge is 2.20. The van der Waals surface area contributed by atoms with Gasteiger partial charge in [-0.3, -0.25) is 15.1 Å². The highest BCUT2D eigenvalue weighted by molar-refractivity contribution is 5.43. The van der Waals surface area contributed by atoms with E-state index in [-0.39, 0.29) is 7.43 Å². The molecule has 28 heavy (non-hydrogen) atoms. The van der Waals surface area contributed by atoms with E-state index < -0.39 is 0 Å². The van der Waals surface area contributed by atoms with Crippen LogP contribution in [0.5, 0.6) is 0 Å². The van der Waals surface area contributed by atoms with Crippen LogP contribution in [0.2, 0.25) is 0 Å². The number of rotatable bonds is 2. The summed E-state index contributed by atoms with van der Waals surface area (Å²) < 4.78 is 0. The van der Waals surface area contributed by atoms with Gasteiger partial charge in [-0.1, -0.05) is 37.8 Å². The monoisotopic (exact) mass is 382 g/mol. The third-order valence-electron chi connectivity index (χ3n) is 5.13. The second kappa shape index (κ2) is 8.90. The van der Waals surface area contributed by atoms with Crippen LogP contribution >= 0.6 is 0 Å². The van der Waals surface area contributed by atoms with Gasteiger partial charge in [0.1, 0.15) is 11.6 Å². The van der Waals surface area contributed by atoms with Gasteiger partial charge in [0, 0.05) is 37.3 Å². The standard InChI is InChI=1S/C13H16N4.C6H10N4.CH4/c14-13-11-6-7-17(9-12(11)15-16-13)8-10-4-2-1-3-5-10;7-6-4-1-2-8-3-5(4)9-10-6;/h1-5H,6-9H2,(H3,14,15,16);8H,1-3H2,(H3,7,9,10);1H4. The van der Waals surface area contributed by atoms with E-state index in [9.17, 15) is 0 Å². The number of anilines is 2. The van der Waals surface area contributed by atoms with E-state index in [2.05, 4.69) is 54.9 Å². The molecule has 5 rings (SSSR count). The molecule has 0 saturated heterocycles. The molecular weight excluding hydrogens is 352 g/mol. The normalized spacial score (nSPS) is 15.6. The van der Waals surface area contributed by atoms with Gasteiger partial charge in [0.25, 0.3) is 0 Å². The Morgan fingerprint density at radius 1 is 0.929 bits per heavy atom. The van der Waals surface area contributed by atoms with Gasteiger partial charge in [-0.15, -0.1) is 0 Å². The second-order valence-electron chi connectivity index (χ2n) is 7.00. The number of hydrogen-bond donors (Lipinski definition) is 5. The molecule has 2 aromatic heterocycles. The van der Waals surface area contributed by atoms with Crippen molar-refractivity contribution in [1.82, 2.24) is 30.6 Å². The van der Waals surface area contributed by atoms with Gasteiger partial charge in [-0.25, -0.2) is 0 Å². The van der Waals surface area contributed by atoms with E-state index in [1.54, 1.807) is 0 Å². The van der Waals surface area contributed by atoms with Crippen molar-refractivity contribution < 1.29 is 0 Å². The topological polar surface area (TPSA) is 125 Å². The lowest BCUT2D eigenvalue weighted by atomic mass is 10.1. The number of benzene rings is 1. The summed E-state index contributed by atoms with van der Waals surface area (Å²) in [5.41, 5.74) is 17.4. The van der Waals surface area contributed by atoms with Crippen molar-refractivity contribution in [3.63, 3.8) is 0 Å². The lowest BCUT2D eigenvalue weighted by molar-refractivity contribution is 0.242. The summed E-state index contributed by atoms with van der Waals surface area (Å²) in [6.07, 6.45) is 1.99. The Morgan fingerprint density at radius 3 is 2.32 bits per heavy atom. The molecule has 0 fully saturated rings. The molecule has 3 aromatic rings. The van der Waals surface area contributed by atoms with Crippen LogP contribution in [0.1, 0.15) is 35.5 Å². The fourth-order valence-electron chi connectivity index (χ4n) is 3.65. The molecule has 1 aromatic carbocycles. The molecule has 2 aliphatic rings. The maximum Gasteiger partial charge on any atom is 0.148 e. The number of aromatic amines is 2. The number of fused-ring (bicyclic) bond motifs is 2. The number of aromatic nitrogens is 4. The first-order valence-corrected chi connectivity index (χ1v) is 9.31. The van der Waals surface area contributed by atoms with E-state index in [0.717, 1.165) is 51.3 Å². The van der Waals surface area contributed by atoms with Crippen molar-refractivity contribution in [1.29, 1.82) is 0 Å². The molecule has 8 heteroatoms. The summed E-state index contributed by atoms with van der Waals surface area (Å²) >= 11 is 0. The molecule has 0 bridgehead atoms. The zero-order chi connectivity index (χ0) is 18.6. The van der Waals surface area contributed by atoms with Crippen LogP contribution in [0.4, 0.5) is 11.6 Å². The second-order valence-corrected chi connectivity index (χ2v) is 7.00. The van der Waals surface area contributed by atoms with Crippen LogP contribution < -0.4 is 16.8 Å². The zero-order valence-electron chi connectivity index (χ0n) is 15.3. The molecule has 4 heterocycles. The van der Waals surface area contributed by atoms with E-state index in [4.69, 9.17) is 11.5 Å². The Bertz CT molecular complexity index is 883. The smallest absolute Gasteiger partial charge is 0.148 e. The Balaban J connectivity index is 0.000000175. The predicted octanol–water partition coefficient (Wildman–Crippen LogP) is 1.82. The number of nitrogens with one attached hydrogen (secondary N) is 3. The zero-order valence-corrected chi connectivity index (χ0v) is 15.3. The predicted molar refractivity (Wildman–Crippen MR) is 112 cm³/mol. The summed E-state index contributed by atoms with van der Waals surface area (Å²) in [5, 5.41) is 17.1. The van der Waals surface area contributed by atoms with Crippen molar-refractivity contribution in [2.45, 2.75) is 39.9 Å². The Labute approximate surface area is 165 Å². The first-order valence-electron chi connectivity index (χ1n) is 9.31. The highest BCUT2D eigenvalue weighted by Crippen LogP contribution is 2.22. The molecule has 0 aliphatic carbocycles. The number of nitrogens with zero attached hydrogens (tertiary/aromatic N) is 3.